The molecule has 17 heavy (non-hydrogen) atoms. The Morgan fingerprint density at radius 3 is 2.59 bits per heavy atom. The number of ether oxygens (including phenoxy) is 3. The van der Waals surface area contributed by atoms with E-state index in [1.165, 1.54) is 32.4 Å². The molecule has 0 bridgehead atoms. The van der Waals surface area contributed by atoms with Gasteiger partial charge in [0.25, 0.3) is 5.69 Å². The number of non-ortho nitro benzene ring substituents is 1. The minimum Gasteiger partial charge on any atom is -0.486 e. The minimum absolute atomic E-state index is 0.0872. The molecule has 0 spiro atoms. The highest BCUT2D eigenvalue weighted by atomic mass is 35.5. The Bertz CT molecular complexity index is 394. The van der Waals surface area contributed by atoms with E-state index in [1.54, 1.807) is 0 Å². The molecule has 0 aromatic heterocycles. The summed E-state index contributed by atoms with van der Waals surface area (Å²) in [5.41, 5.74) is -0.0872. The quantitative estimate of drug-likeness (QED) is 0.446. The fraction of sp³-hybridized carbons (Fsp3) is 0.400. The van der Waals surface area contributed by atoms with Crippen LogP contribution in [0.3, 0.4) is 0 Å². The van der Waals surface area contributed by atoms with E-state index in [0.717, 1.165) is 0 Å². The lowest BCUT2D eigenvalue weighted by atomic mass is 10.3. The molecule has 1 aromatic carbocycles. The summed E-state index contributed by atoms with van der Waals surface area (Å²) in [7, 11) is 2.93. The van der Waals surface area contributed by atoms with Crippen LogP contribution >= 0.6 is 11.6 Å². The second-order valence-electron chi connectivity index (χ2n) is 3.08. The van der Waals surface area contributed by atoms with Crippen molar-refractivity contribution in [2.45, 2.75) is 6.29 Å². The summed E-state index contributed by atoms with van der Waals surface area (Å²) in [6, 6.07) is 3.97. The van der Waals surface area contributed by atoms with Crippen molar-refractivity contribution < 1.29 is 19.1 Å². The zero-order chi connectivity index (χ0) is 12.8. The van der Waals surface area contributed by atoms with Gasteiger partial charge in [0.2, 0.25) is 0 Å². The van der Waals surface area contributed by atoms with E-state index in [2.05, 4.69) is 0 Å². The molecule has 0 radical (unpaired) electrons. The minimum atomic E-state index is -0.551. The first-order valence-electron chi connectivity index (χ1n) is 4.70. The van der Waals surface area contributed by atoms with Gasteiger partial charge < -0.3 is 14.2 Å². The molecule has 0 atom stereocenters. The molecule has 0 heterocycles. The van der Waals surface area contributed by atoms with Crippen LogP contribution in [0.1, 0.15) is 0 Å². The summed E-state index contributed by atoms with van der Waals surface area (Å²) < 4.78 is 15.1. The van der Waals surface area contributed by atoms with E-state index < -0.39 is 11.2 Å². The van der Waals surface area contributed by atoms with Crippen molar-refractivity contribution in [3.05, 3.63) is 33.3 Å². The molecular formula is C10H12ClNO5. The summed E-state index contributed by atoms with van der Waals surface area (Å²) in [5, 5.41) is 10.9. The van der Waals surface area contributed by atoms with Crippen LogP contribution in [0.4, 0.5) is 5.69 Å². The number of methoxy groups -OCH3 is 2. The maximum Gasteiger partial charge on any atom is 0.273 e. The highest BCUT2D eigenvalue weighted by Gasteiger charge is 2.13. The van der Waals surface area contributed by atoms with E-state index in [1.807, 2.05) is 0 Å². The number of halogens is 1. The van der Waals surface area contributed by atoms with Crippen LogP contribution < -0.4 is 4.74 Å². The van der Waals surface area contributed by atoms with Crippen molar-refractivity contribution >= 4 is 17.3 Å². The van der Waals surface area contributed by atoms with Gasteiger partial charge in [0.1, 0.15) is 12.4 Å². The fourth-order valence-electron chi connectivity index (χ4n) is 1.11. The first-order chi connectivity index (χ1) is 8.08. The molecule has 1 aromatic rings. The van der Waals surface area contributed by atoms with E-state index >= 15 is 0 Å². The fourth-order valence-corrected chi connectivity index (χ4v) is 1.28. The highest BCUT2D eigenvalue weighted by Crippen LogP contribution is 2.28. The van der Waals surface area contributed by atoms with Crippen molar-refractivity contribution in [2.75, 3.05) is 20.8 Å². The van der Waals surface area contributed by atoms with Crippen LogP contribution in [0.2, 0.25) is 5.02 Å². The molecule has 7 heteroatoms. The smallest absolute Gasteiger partial charge is 0.273 e. The van der Waals surface area contributed by atoms with Crippen LogP contribution in [-0.2, 0) is 9.47 Å². The predicted molar refractivity (Wildman–Crippen MR) is 61.4 cm³/mol. The SMILES string of the molecule is COC(COc1cc([N+](=O)[O-])ccc1Cl)OC. The molecule has 0 fully saturated rings. The average molecular weight is 262 g/mol. The molecule has 0 aliphatic rings. The van der Waals surface area contributed by atoms with Gasteiger partial charge in [0, 0.05) is 20.3 Å². The first-order valence-corrected chi connectivity index (χ1v) is 5.08. The van der Waals surface area contributed by atoms with E-state index in [0.29, 0.717) is 5.02 Å². The first kappa shape index (κ1) is 13.7. The Morgan fingerprint density at radius 2 is 2.06 bits per heavy atom. The van der Waals surface area contributed by atoms with Gasteiger partial charge >= 0.3 is 0 Å². The number of rotatable bonds is 6. The van der Waals surface area contributed by atoms with Gasteiger partial charge in [-0.15, -0.1) is 0 Å². The van der Waals surface area contributed by atoms with Crippen LogP contribution in [0.25, 0.3) is 0 Å². The average Bonchev–Trinajstić information content (AvgIpc) is 2.32. The molecule has 0 aliphatic heterocycles. The lowest BCUT2D eigenvalue weighted by Gasteiger charge is -2.14. The van der Waals surface area contributed by atoms with Crippen molar-refractivity contribution in [3.8, 4) is 5.75 Å². The Kier molecular flexibility index (Phi) is 5.14. The summed E-state index contributed by atoms with van der Waals surface area (Å²) in [5.74, 6) is 0.222. The van der Waals surface area contributed by atoms with Gasteiger partial charge in [-0.3, -0.25) is 10.1 Å². The standard InChI is InChI=1S/C10H12ClNO5/c1-15-10(16-2)6-17-9-5-7(12(13)14)3-4-8(9)11/h3-5,10H,6H2,1-2H3. The van der Waals surface area contributed by atoms with E-state index in [-0.39, 0.29) is 18.0 Å². The Hall–Kier alpha value is -1.37. The molecular weight excluding hydrogens is 250 g/mol. The maximum atomic E-state index is 10.6. The van der Waals surface area contributed by atoms with Crippen molar-refractivity contribution in [1.82, 2.24) is 0 Å². The van der Waals surface area contributed by atoms with Gasteiger partial charge in [-0.2, -0.15) is 0 Å². The van der Waals surface area contributed by atoms with Crippen molar-refractivity contribution in [2.24, 2.45) is 0 Å². The molecule has 0 aliphatic carbocycles. The molecule has 0 unspecified atom stereocenters. The van der Waals surface area contributed by atoms with Gasteiger partial charge in [-0.25, -0.2) is 0 Å². The van der Waals surface area contributed by atoms with E-state index in [4.69, 9.17) is 25.8 Å². The Balaban J connectivity index is 2.75. The second-order valence-corrected chi connectivity index (χ2v) is 3.49. The normalized spacial score (nSPS) is 10.6. The second kappa shape index (κ2) is 6.39. The third-order valence-electron chi connectivity index (χ3n) is 2.03. The van der Waals surface area contributed by atoms with Gasteiger partial charge in [-0.05, 0) is 6.07 Å². The van der Waals surface area contributed by atoms with E-state index in [9.17, 15) is 10.1 Å². The summed E-state index contributed by atoms with van der Waals surface area (Å²) in [6.45, 7) is 0.0912. The number of hydrogen-bond acceptors (Lipinski definition) is 5. The van der Waals surface area contributed by atoms with Crippen molar-refractivity contribution in [1.29, 1.82) is 0 Å². The van der Waals surface area contributed by atoms with Gasteiger partial charge in [0.15, 0.2) is 6.29 Å². The molecule has 1 rings (SSSR count). The lowest BCUT2D eigenvalue weighted by Crippen LogP contribution is -2.22. The lowest BCUT2D eigenvalue weighted by molar-refractivity contribution is -0.384. The number of nitrogens with zero attached hydrogens (tertiary/aromatic N) is 1. The zero-order valence-electron chi connectivity index (χ0n) is 9.38. The Labute approximate surface area is 103 Å². The molecule has 0 saturated carbocycles. The summed E-state index contributed by atoms with van der Waals surface area (Å²) in [6.07, 6.45) is -0.551. The maximum absolute atomic E-state index is 10.6. The highest BCUT2D eigenvalue weighted by molar-refractivity contribution is 6.32. The number of hydrogen-bond donors (Lipinski definition) is 0. The molecule has 94 valence electrons. The molecule has 0 amide bonds. The zero-order valence-corrected chi connectivity index (χ0v) is 10.1. The topological polar surface area (TPSA) is 70.8 Å². The summed E-state index contributed by atoms with van der Waals surface area (Å²) in [4.78, 5) is 10.1. The molecule has 6 nitrogen and oxygen atoms in total. The third-order valence-corrected chi connectivity index (χ3v) is 2.34. The van der Waals surface area contributed by atoms with Crippen LogP contribution in [-0.4, -0.2) is 32.0 Å². The van der Waals surface area contributed by atoms with Crippen LogP contribution in [0.5, 0.6) is 5.75 Å². The molecule has 0 saturated heterocycles. The number of benzene rings is 1. The van der Waals surface area contributed by atoms with Gasteiger partial charge in [-0.1, -0.05) is 11.6 Å². The Morgan fingerprint density at radius 1 is 1.41 bits per heavy atom. The summed E-state index contributed by atoms with van der Waals surface area (Å²) >= 11 is 5.84. The largest absolute Gasteiger partial charge is 0.486 e. The molecule has 0 N–H and O–H groups in total. The number of nitro groups is 1. The van der Waals surface area contributed by atoms with Crippen molar-refractivity contribution in [3.63, 3.8) is 0 Å². The van der Waals surface area contributed by atoms with Gasteiger partial charge in [0.05, 0.1) is 16.0 Å². The predicted octanol–water partition coefficient (Wildman–Crippen LogP) is 2.25. The third kappa shape index (κ3) is 3.85. The monoisotopic (exact) mass is 261 g/mol. The number of nitro benzene ring substituents is 1. The van der Waals surface area contributed by atoms with Crippen LogP contribution in [0.15, 0.2) is 18.2 Å². The van der Waals surface area contributed by atoms with Crippen LogP contribution in [0, 0.1) is 10.1 Å².